The Morgan fingerprint density at radius 3 is 2.42 bits per heavy atom. The van der Waals surface area contributed by atoms with Crippen LogP contribution < -0.4 is 5.73 Å². The van der Waals surface area contributed by atoms with Gasteiger partial charge in [0.05, 0.1) is 13.0 Å². The summed E-state index contributed by atoms with van der Waals surface area (Å²) in [6.45, 7) is 3.29. The fourth-order valence-electron chi connectivity index (χ4n) is 0.685. The van der Waals surface area contributed by atoms with E-state index in [4.69, 9.17) is 17.3 Å². The molecule has 0 saturated carbocycles. The normalized spacial score (nSPS) is 11.8. The van der Waals surface area contributed by atoms with Crippen LogP contribution in [0.15, 0.2) is 12.3 Å². The summed E-state index contributed by atoms with van der Waals surface area (Å²) in [5.41, 5.74) is 5.17. The molecule has 0 saturated heterocycles. The molecule has 0 fully saturated rings. The molecule has 0 rings (SSSR count). The molecule has 0 aliphatic heterocycles. The maximum absolute atomic E-state index is 11.0. The molecule has 1 atom stereocenters. The van der Waals surface area contributed by atoms with Gasteiger partial charge in [0, 0.05) is 5.70 Å². The molecular formula is C7H10ClNO3. The van der Waals surface area contributed by atoms with E-state index in [0.29, 0.717) is 0 Å². The minimum Gasteiger partial charge on any atom is -0.468 e. The van der Waals surface area contributed by atoms with Crippen molar-refractivity contribution < 1.29 is 14.3 Å². The Balaban J connectivity index is 4.55. The molecule has 2 N–H and O–H groups in total. The highest BCUT2D eigenvalue weighted by molar-refractivity contribution is 6.29. The fourth-order valence-corrected chi connectivity index (χ4v) is 0.839. The summed E-state index contributed by atoms with van der Waals surface area (Å²) in [6.07, 6.45) is 0. The first-order valence-electron chi connectivity index (χ1n) is 3.15. The monoisotopic (exact) mass is 191 g/mol. The van der Waals surface area contributed by atoms with Gasteiger partial charge in [0.2, 0.25) is 0 Å². The van der Waals surface area contributed by atoms with Crippen molar-refractivity contribution in [2.24, 2.45) is 11.7 Å². The van der Waals surface area contributed by atoms with Crippen LogP contribution in [-0.4, -0.2) is 24.7 Å². The molecule has 68 valence electrons. The smallest absolute Gasteiger partial charge is 0.322 e. The van der Waals surface area contributed by atoms with Gasteiger partial charge in [-0.25, -0.2) is 0 Å². The number of nitrogens with two attached hydrogens (primary N) is 1. The highest BCUT2D eigenvalue weighted by Gasteiger charge is 2.27. The maximum Gasteiger partial charge on any atom is 0.322 e. The second kappa shape index (κ2) is 4.77. The van der Waals surface area contributed by atoms with E-state index in [2.05, 4.69) is 11.3 Å². The summed E-state index contributed by atoms with van der Waals surface area (Å²) in [5.74, 6) is -2.65. The summed E-state index contributed by atoms with van der Waals surface area (Å²) in [6, 6.07) is 0. The first kappa shape index (κ1) is 11.0. The van der Waals surface area contributed by atoms with Crippen LogP contribution in [0.1, 0.15) is 0 Å². The largest absolute Gasteiger partial charge is 0.468 e. The number of esters is 1. The third-order valence-electron chi connectivity index (χ3n) is 1.26. The quantitative estimate of drug-likeness (QED) is 0.388. The number of carbonyl (C=O) groups excluding carboxylic acids is 2. The number of ketones is 1. The first-order chi connectivity index (χ1) is 5.54. The van der Waals surface area contributed by atoms with Crippen LogP contribution in [0, 0.1) is 5.92 Å². The minimum atomic E-state index is -1.13. The number of methoxy groups -OCH3 is 1. The third-order valence-corrected chi connectivity index (χ3v) is 1.52. The number of hydrogen-bond acceptors (Lipinski definition) is 4. The van der Waals surface area contributed by atoms with Gasteiger partial charge >= 0.3 is 5.97 Å². The number of rotatable bonds is 4. The second-order valence-corrected chi connectivity index (χ2v) is 2.40. The van der Waals surface area contributed by atoms with Crippen molar-refractivity contribution in [1.29, 1.82) is 0 Å². The lowest BCUT2D eigenvalue weighted by Gasteiger charge is -2.10. The Bertz CT molecular complexity index is 199. The third kappa shape index (κ3) is 2.54. The van der Waals surface area contributed by atoms with Gasteiger partial charge in [-0.2, -0.15) is 0 Å². The van der Waals surface area contributed by atoms with Crippen molar-refractivity contribution in [2.75, 3.05) is 13.0 Å². The van der Waals surface area contributed by atoms with Crippen molar-refractivity contribution in [1.82, 2.24) is 0 Å². The Kier molecular flexibility index (Phi) is 4.36. The van der Waals surface area contributed by atoms with Crippen LogP contribution in [0.4, 0.5) is 0 Å². The lowest BCUT2D eigenvalue weighted by molar-refractivity contribution is -0.147. The van der Waals surface area contributed by atoms with E-state index in [-0.39, 0.29) is 11.6 Å². The average molecular weight is 192 g/mol. The van der Waals surface area contributed by atoms with Crippen molar-refractivity contribution in [3.8, 4) is 0 Å². The summed E-state index contributed by atoms with van der Waals surface area (Å²) in [4.78, 5) is 21.9. The van der Waals surface area contributed by atoms with E-state index < -0.39 is 17.7 Å². The van der Waals surface area contributed by atoms with Crippen molar-refractivity contribution in [3.63, 3.8) is 0 Å². The molecule has 0 aliphatic carbocycles. The fraction of sp³-hybridized carbons (Fsp3) is 0.429. The van der Waals surface area contributed by atoms with Gasteiger partial charge in [-0.05, 0) is 0 Å². The molecular weight excluding hydrogens is 182 g/mol. The standard InChI is InChI=1S/C7H10ClNO3/c1-4(9)6(5(10)3-8)7(11)12-2/h6H,1,3,9H2,2H3/t6-/m1/s1. The summed E-state index contributed by atoms with van der Waals surface area (Å²) in [5, 5.41) is 0. The predicted octanol–water partition coefficient (Wildman–Crippen LogP) is 0.0559. The molecule has 0 aromatic rings. The molecule has 4 nitrogen and oxygen atoms in total. The zero-order valence-corrected chi connectivity index (χ0v) is 7.43. The van der Waals surface area contributed by atoms with Gasteiger partial charge in [-0.1, -0.05) is 6.58 Å². The van der Waals surface area contributed by atoms with Crippen LogP contribution >= 0.6 is 11.6 Å². The molecule has 5 heteroatoms. The molecule has 0 amide bonds. The molecule has 0 heterocycles. The number of ether oxygens (including phenoxy) is 1. The summed E-state index contributed by atoms with van der Waals surface area (Å²) in [7, 11) is 1.17. The Morgan fingerprint density at radius 2 is 2.17 bits per heavy atom. The van der Waals surface area contributed by atoms with E-state index in [9.17, 15) is 9.59 Å². The maximum atomic E-state index is 11.0. The molecule has 0 aromatic heterocycles. The zero-order valence-electron chi connectivity index (χ0n) is 6.67. The molecule has 0 aromatic carbocycles. The molecule has 0 radical (unpaired) electrons. The number of alkyl halides is 1. The Labute approximate surface area is 75.3 Å². The van der Waals surface area contributed by atoms with Gasteiger partial charge in [0.1, 0.15) is 0 Å². The van der Waals surface area contributed by atoms with Crippen LogP contribution in [0.25, 0.3) is 0 Å². The SMILES string of the molecule is C=C(N)[C@H](C(=O)CCl)C(=O)OC. The van der Waals surface area contributed by atoms with E-state index >= 15 is 0 Å². The minimum absolute atomic E-state index is 0.0486. The molecule has 0 bridgehead atoms. The topological polar surface area (TPSA) is 69.4 Å². The first-order valence-corrected chi connectivity index (χ1v) is 3.68. The van der Waals surface area contributed by atoms with Crippen molar-refractivity contribution in [2.45, 2.75) is 0 Å². The van der Waals surface area contributed by atoms with Gasteiger partial charge in [0.25, 0.3) is 0 Å². The molecule has 0 aliphatic rings. The number of halogens is 1. The van der Waals surface area contributed by atoms with Gasteiger partial charge in [-0.15, -0.1) is 11.6 Å². The van der Waals surface area contributed by atoms with Crippen LogP contribution in [-0.2, 0) is 14.3 Å². The molecule has 0 unspecified atom stereocenters. The predicted molar refractivity (Wildman–Crippen MR) is 44.6 cm³/mol. The average Bonchev–Trinajstić information content (AvgIpc) is 2.03. The molecule has 0 spiro atoms. The Hall–Kier alpha value is -1.03. The van der Waals surface area contributed by atoms with Crippen LogP contribution in [0.3, 0.4) is 0 Å². The second-order valence-electron chi connectivity index (χ2n) is 2.13. The number of carbonyl (C=O) groups is 2. The van der Waals surface area contributed by atoms with Crippen molar-refractivity contribution >= 4 is 23.4 Å². The van der Waals surface area contributed by atoms with Gasteiger partial charge in [0.15, 0.2) is 11.7 Å². The van der Waals surface area contributed by atoms with E-state index in [0.717, 1.165) is 0 Å². The van der Waals surface area contributed by atoms with Crippen LogP contribution in [0.5, 0.6) is 0 Å². The van der Waals surface area contributed by atoms with E-state index in [1.54, 1.807) is 0 Å². The summed E-state index contributed by atoms with van der Waals surface area (Å²) < 4.78 is 4.34. The number of hydrogen-bond donors (Lipinski definition) is 1. The van der Waals surface area contributed by atoms with E-state index in [1.165, 1.54) is 7.11 Å². The molecule has 12 heavy (non-hydrogen) atoms. The number of Topliss-reactive ketones (excluding diaryl/α,β-unsaturated/α-hetero) is 1. The van der Waals surface area contributed by atoms with Gasteiger partial charge in [-0.3, -0.25) is 9.59 Å². The van der Waals surface area contributed by atoms with E-state index in [1.807, 2.05) is 0 Å². The highest BCUT2D eigenvalue weighted by atomic mass is 35.5. The zero-order chi connectivity index (χ0) is 9.72. The van der Waals surface area contributed by atoms with Gasteiger partial charge < -0.3 is 10.5 Å². The van der Waals surface area contributed by atoms with Crippen LogP contribution in [0.2, 0.25) is 0 Å². The lowest BCUT2D eigenvalue weighted by atomic mass is 10.0. The van der Waals surface area contributed by atoms with Crippen molar-refractivity contribution in [3.05, 3.63) is 12.3 Å². The summed E-state index contributed by atoms with van der Waals surface area (Å²) >= 11 is 5.24. The lowest BCUT2D eigenvalue weighted by Crippen LogP contribution is -2.30. The Morgan fingerprint density at radius 1 is 1.67 bits per heavy atom. The highest BCUT2D eigenvalue weighted by Crippen LogP contribution is 2.08.